The van der Waals surface area contributed by atoms with Crippen LogP contribution >= 0.6 is 0 Å². The summed E-state index contributed by atoms with van der Waals surface area (Å²) in [5.41, 5.74) is 4.16. The topological polar surface area (TPSA) is 122 Å². The second-order valence-corrected chi connectivity index (χ2v) is 10.8. The number of benzene rings is 3. The van der Waals surface area contributed by atoms with E-state index in [9.17, 15) is 14.4 Å². The highest BCUT2D eigenvalue weighted by Crippen LogP contribution is 2.40. The van der Waals surface area contributed by atoms with Gasteiger partial charge in [0.15, 0.2) is 0 Å². The van der Waals surface area contributed by atoms with Gasteiger partial charge in [0.25, 0.3) is 0 Å². The van der Waals surface area contributed by atoms with Crippen molar-refractivity contribution in [2.45, 2.75) is 44.6 Å². The molecule has 0 bridgehead atoms. The summed E-state index contributed by atoms with van der Waals surface area (Å²) in [5, 5.41) is 2.81. The van der Waals surface area contributed by atoms with Gasteiger partial charge in [-0.25, -0.2) is 9.59 Å². The van der Waals surface area contributed by atoms with E-state index in [1.165, 1.54) is 12.0 Å². The minimum Gasteiger partial charge on any atom is -0.496 e. The first-order chi connectivity index (χ1) is 22.4. The van der Waals surface area contributed by atoms with Crippen molar-refractivity contribution in [3.63, 3.8) is 0 Å². The zero-order valence-corrected chi connectivity index (χ0v) is 26.8. The molecular weight excluding hydrogens is 592 g/mol. The van der Waals surface area contributed by atoms with Gasteiger partial charge in [-0.3, -0.25) is 9.69 Å². The fourth-order valence-corrected chi connectivity index (χ4v) is 5.37. The molecule has 0 unspecified atom stereocenters. The molecule has 1 aliphatic rings. The highest BCUT2D eigenvalue weighted by atomic mass is 16.6. The molecule has 4 rings (SSSR count). The number of nitrogens with one attached hydrogen (secondary N) is 1. The van der Waals surface area contributed by atoms with Crippen LogP contribution in [0.2, 0.25) is 0 Å². The molecule has 246 valence electrons. The molecular formula is C35H42N2O9. The van der Waals surface area contributed by atoms with E-state index in [1.54, 1.807) is 21.3 Å². The third-order valence-electron chi connectivity index (χ3n) is 7.75. The van der Waals surface area contributed by atoms with E-state index in [2.05, 4.69) is 5.32 Å². The van der Waals surface area contributed by atoms with Crippen LogP contribution in [0.4, 0.5) is 4.79 Å². The molecule has 0 spiro atoms. The van der Waals surface area contributed by atoms with Gasteiger partial charge in [-0.2, -0.15) is 0 Å². The van der Waals surface area contributed by atoms with Gasteiger partial charge in [0, 0.05) is 20.1 Å². The van der Waals surface area contributed by atoms with Crippen molar-refractivity contribution >= 4 is 18.0 Å². The first-order valence-electron chi connectivity index (χ1n) is 15.1. The van der Waals surface area contributed by atoms with E-state index in [4.69, 9.17) is 28.4 Å². The Bertz CT molecular complexity index is 1420. The summed E-state index contributed by atoms with van der Waals surface area (Å²) in [4.78, 5) is 40.3. The predicted molar refractivity (Wildman–Crippen MR) is 171 cm³/mol. The molecule has 3 aromatic carbocycles. The van der Waals surface area contributed by atoms with Gasteiger partial charge in [-0.05, 0) is 47.2 Å². The summed E-state index contributed by atoms with van der Waals surface area (Å²) < 4.78 is 32.6. The van der Waals surface area contributed by atoms with E-state index in [1.807, 2.05) is 66.7 Å². The highest BCUT2D eigenvalue weighted by Gasteiger charge is 2.37. The Morgan fingerprint density at radius 1 is 0.848 bits per heavy atom. The number of hydrogen-bond donors (Lipinski definition) is 1. The van der Waals surface area contributed by atoms with Gasteiger partial charge in [0.05, 0.1) is 46.7 Å². The molecule has 3 aromatic rings. The van der Waals surface area contributed by atoms with E-state index in [0.29, 0.717) is 50.7 Å². The van der Waals surface area contributed by atoms with Crippen molar-refractivity contribution in [1.29, 1.82) is 0 Å². The number of esters is 1. The molecule has 1 fully saturated rings. The zero-order chi connectivity index (χ0) is 32.9. The molecule has 0 aliphatic carbocycles. The van der Waals surface area contributed by atoms with Crippen LogP contribution in [-0.4, -0.2) is 83.2 Å². The average Bonchev–Trinajstić information content (AvgIpc) is 3.59. The van der Waals surface area contributed by atoms with Crippen LogP contribution in [0.25, 0.3) is 11.1 Å². The summed E-state index contributed by atoms with van der Waals surface area (Å²) in [6.45, 7) is 1.85. The maximum atomic E-state index is 13.4. The lowest BCUT2D eigenvalue weighted by molar-refractivity contribution is -0.145. The number of nitrogens with zero attached hydrogens (tertiary/aromatic N) is 1. The Morgan fingerprint density at radius 2 is 1.54 bits per heavy atom. The van der Waals surface area contributed by atoms with E-state index in [0.717, 1.165) is 27.8 Å². The number of carbonyl (C=O) groups excluding carboxylic acids is 3. The molecule has 1 saturated heterocycles. The predicted octanol–water partition coefficient (Wildman–Crippen LogP) is 4.54. The first kappa shape index (κ1) is 34.3. The number of ether oxygens (including phenoxy) is 6. The lowest BCUT2D eigenvalue weighted by Gasteiger charge is -2.25. The van der Waals surface area contributed by atoms with Crippen LogP contribution in [-0.2, 0) is 48.2 Å². The van der Waals surface area contributed by atoms with Gasteiger partial charge in [-0.15, -0.1) is 0 Å². The van der Waals surface area contributed by atoms with Gasteiger partial charge in [0.1, 0.15) is 30.2 Å². The van der Waals surface area contributed by atoms with E-state index < -0.39 is 30.1 Å². The number of likely N-dealkylation sites (tertiary alicyclic amines) is 1. The largest absolute Gasteiger partial charge is 0.496 e. The number of carbonyl (C=O) groups is 3. The molecule has 1 aliphatic heterocycles. The first-order valence-corrected chi connectivity index (χ1v) is 15.1. The fraction of sp³-hybridized carbons (Fsp3) is 0.400. The Kier molecular flexibility index (Phi) is 12.8. The van der Waals surface area contributed by atoms with E-state index >= 15 is 0 Å². The molecule has 1 heterocycles. The Labute approximate surface area is 269 Å². The minimum atomic E-state index is -0.951. The SMILES string of the molecule is COCCOCc1cc(OC)c(-c2ccc(C[C@H](NC(=O)[C@@H]3CCCN3C(=O)OCc3ccccc3)C(=O)OC)cc2)c(OC)c1. The Morgan fingerprint density at radius 3 is 2.17 bits per heavy atom. The summed E-state index contributed by atoms with van der Waals surface area (Å²) in [6.07, 6.45) is 0.744. The second-order valence-electron chi connectivity index (χ2n) is 10.8. The highest BCUT2D eigenvalue weighted by molar-refractivity contribution is 5.90. The molecule has 46 heavy (non-hydrogen) atoms. The summed E-state index contributed by atoms with van der Waals surface area (Å²) in [6, 6.07) is 19.0. The fourth-order valence-electron chi connectivity index (χ4n) is 5.37. The third kappa shape index (κ3) is 8.98. The molecule has 0 saturated carbocycles. The number of rotatable bonds is 15. The lowest BCUT2D eigenvalue weighted by atomic mass is 9.98. The van der Waals surface area contributed by atoms with Crippen molar-refractivity contribution in [1.82, 2.24) is 10.2 Å². The quantitative estimate of drug-likeness (QED) is 0.190. The average molecular weight is 635 g/mol. The van der Waals surface area contributed by atoms with Crippen molar-refractivity contribution in [3.05, 3.63) is 83.4 Å². The van der Waals surface area contributed by atoms with Crippen LogP contribution < -0.4 is 14.8 Å². The molecule has 2 amide bonds. The number of amides is 2. The third-order valence-corrected chi connectivity index (χ3v) is 7.75. The maximum absolute atomic E-state index is 13.4. The molecule has 0 aromatic heterocycles. The summed E-state index contributed by atoms with van der Waals surface area (Å²) in [7, 11) is 6.10. The van der Waals surface area contributed by atoms with E-state index in [-0.39, 0.29) is 13.0 Å². The van der Waals surface area contributed by atoms with Crippen LogP contribution in [0.1, 0.15) is 29.5 Å². The van der Waals surface area contributed by atoms with Gasteiger partial charge >= 0.3 is 12.1 Å². The molecule has 11 heteroatoms. The molecule has 0 radical (unpaired) electrons. The van der Waals surface area contributed by atoms with Crippen molar-refractivity contribution < 1.29 is 42.8 Å². The maximum Gasteiger partial charge on any atom is 0.410 e. The molecule has 2 atom stereocenters. The standard InChI is InChI=1S/C35H42N2O9/c1-41-17-18-45-22-26-20-30(42-2)32(31(21-26)43-3)27-14-12-24(13-15-27)19-28(34(39)44-4)36-33(38)29-11-8-16-37(29)35(40)46-23-25-9-6-5-7-10-25/h5-7,9-10,12-15,20-21,28-29H,8,11,16-19,22-23H2,1-4H3,(H,36,38)/t28-,29-/m0/s1. The number of hydrogen-bond acceptors (Lipinski definition) is 9. The van der Waals surface area contributed by atoms with Gasteiger partial charge in [-0.1, -0.05) is 54.6 Å². The summed E-state index contributed by atoms with van der Waals surface area (Å²) in [5.74, 6) is 0.239. The van der Waals surface area contributed by atoms with Gasteiger partial charge in [0.2, 0.25) is 5.91 Å². The van der Waals surface area contributed by atoms with Crippen molar-refractivity contribution in [2.75, 3.05) is 48.2 Å². The Balaban J connectivity index is 1.43. The van der Waals surface area contributed by atoms with Crippen LogP contribution in [0.3, 0.4) is 0 Å². The normalized spacial score (nSPS) is 14.8. The van der Waals surface area contributed by atoms with Crippen molar-refractivity contribution in [2.24, 2.45) is 0 Å². The van der Waals surface area contributed by atoms with Crippen LogP contribution in [0.5, 0.6) is 11.5 Å². The van der Waals surface area contributed by atoms with Gasteiger partial charge < -0.3 is 33.7 Å². The second kappa shape index (κ2) is 17.2. The number of methoxy groups -OCH3 is 4. The minimum absolute atomic E-state index is 0.108. The summed E-state index contributed by atoms with van der Waals surface area (Å²) >= 11 is 0. The monoisotopic (exact) mass is 634 g/mol. The Hall–Kier alpha value is -4.61. The molecule has 11 nitrogen and oxygen atoms in total. The molecule has 1 N–H and O–H groups in total. The lowest BCUT2D eigenvalue weighted by Crippen LogP contribution is -2.51. The van der Waals surface area contributed by atoms with Crippen LogP contribution in [0.15, 0.2) is 66.7 Å². The zero-order valence-electron chi connectivity index (χ0n) is 26.8. The van der Waals surface area contributed by atoms with Crippen LogP contribution in [0, 0.1) is 0 Å². The smallest absolute Gasteiger partial charge is 0.410 e. The van der Waals surface area contributed by atoms with Crippen molar-refractivity contribution in [3.8, 4) is 22.6 Å².